The highest BCUT2D eigenvalue weighted by molar-refractivity contribution is 5.92. The van der Waals surface area contributed by atoms with E-state index >= 15 is 0 Å². The molecule has 1 nitrogen and oxygen atoms in total. The summed E-state index contributed by atoms with van der Waals surface area (Å²) in [6, 6.07) is 14.9. The summed E-state index contributed by atoms with van der Waals surface area (Å²) in [4.78, 5) is 4.50. The lowest BCUT2D eigenvalue weighted by molar-refractivity contribution is 0.776. The van der Waals surface area contributed by atoms with Crippen LogP contribution in [0.5, 0.6) is 0 Å². The van der Waals surface area contributed by atoms with Gasteiger partial charge in [0.15, 0.2) is 0 Å². The van der Waals surface area contributed by atoms with E-state index in [0.29, 0.717) is 5.92 Å². The second-order valence-electron chi connectivity index (χ2n) is 5.01. The van der Waals surface area contributed by atoms with Gasteiger partial charge in [-0.15, -0.1) is 0 Å². The fourth-order valence-electron chi connectivity index (χ4n) is 2.84. The molecule has 0 N–H and O–H groups in total. The van der Waals surface area contributed by atoms with Crippen LogP contribution >= 0.6 is 0 Å². The predicted octanol–water partition coefficient (Wildman–Crippen LogP) is 4.52. The molecule has 3 rings (SSSR count). The van der Waals surface area contributed by atoms with Crippen LogP contribution in [-0.4, -0.2) is 4.98 Å². The van der Waals surface area contributed by atoms with E-state index in [4.69, 9.17) is 0 Å². The van der Waals surface area contributed by atoms with Crippen molar-refractivity contribution >= 4 is 11.1 Å². The first-order valence-corrected chi connectivity index (χ1v) is 6.48. The van der Waals surface area contributed by atoms with Crippen molar-refractivity contribution in [2.24, 2.45) is 0 Å². The van der Waals surface area contributed by atoms with Crippen molar-refractivity contribution in [1.82, 2.24) is 4.98 Å². The Kier molecular flexibility index (Phi) is 2.75. The zero-order chi connectivity index (χ0) is 12.5. The van der Waals surface area contributed by atoms with Crippen LogP contribution in [-0.2, 0) is 0 Å². The molecule has 18 heavy (non-hydrogen) atoms. The molecule has 1 aliphatic carbocycles. The van der Waals surface area contributed by atoms with Gasteiger partial charge in [0.25, 0.3) is 0 Å². The Morgan fingerprint density at radius 2 is 1.83 bits per heavy atom. The Labute approximate surface area is 108 Å². The van der Waals surface area contributed by atoms with Crippen molar-refractivity contribution in [3.05, 3.63) is 65.5 Å². The molecule has 1 unspecified atom stereocenters. The number of allylic oxidation sites excluding steroid dienone is 2. The molecule has 1 aliphatic rings. The fraction of sp³-hybridized carbons (Fsp3) is 0.235. The first-order valence-electron chi connectivity index (χ1n) is 6.48. The Balaban J connectivity index is 2.18. The number of hydrogen-bond acceptors (Lipinski definition) is 1. The molecule has 1 aromatic carbocycles. The third-order valence-electron chi connectivity index (χ3n) is 3.83. The number of fused-ring (bicyclic) bond motifs is 1. The van der Waals surface area contributed by atoms with E-state index in [0.717, 1.165) is 12.1 Å². The van der Waals surface area contributed by atoms with Crippen LogP contribution < -0.4 is 0 Å². The molecule has 0 saturated heterocycles. The summed E-state index contributed by atoms with van der Waals surface area (Å²) in [5.74, 6) is 0.571. The minimum Gasteiger partial charge on any atom is -0.257 e. The molecular weight excluding hydrogens is 218 g/mol. The average Bonchev–Trinajstić information content (AvgIpc) is 2.44. The third kappa shape index (κ3) is 1.76. The van der Waals surface area contributed by atoms with Crippen LogP contribution in [0.2, 0.25) is 0 Å². The van der Waals surface area contributed by atoms with Crippen molar-refractivity contribution < 1.29 is 0 Å². The average molecular weight is 235 g/mol. The SMILES string of the molecule is CC1=C(c2ccccn2)CC(C)c2ccccc21. The summed E-state index contributed by atoms with van der Waals surface area (Å²) in [5.41, 5.74) is 6.74. The molecule has 2 aromatic rings. The van der Waals surface area contributed by atoms with Gasteiger partial charge in [-0.1, -0.05) is 37.3 Å². The Bertz CT molecular complexity index is 596. The molecule has 1 atom stereocenters. The van der Waals surface area contributed by atoms with Gasteiger partial charge in [0.1, 0.15) is 0 Å². The number of rotatable bonds is 1. The van der Waals surface area contributed by atoms with Gasteiger partial charge in [0, 0.05) is 6.20 Å². The van der Waals surface area contributed by atoms with Crippen LogP contribution in [0.4, 0.5) is 0 Å². The molecule has 0 aliphatic heterocycles. The summed E-state index contributed by atoms with van der Waals surface area (Å²) < 4.78 is 0. The molecule has 0 fully saturated rings. The van der Waals surface area contributed by atoms with Gasteiger partial charge in [-0.3, -0.25) is 4.98 Å². The second kappa shape index (κ2) is 4.41. The van der Waals surface area contributed by atoms with Crippen LogP contribution in [0.15, 0.2) is 48.7 Å². The van der Waals surface area contributed by atoms with Crippen LogP contribution in [0.25, 0.3) is 11.1 Å². The second-order valence-corrected chi connectivity index (χ2v) is 5.01. The van der Waals surface area contributed by atoms with E-state index in [1.807, 2.05) is 12.3 Å². The van der Waals surface area contributed by atoms with E-state index < -0.39 is 0 Å². The maximum Gasteiger partial charge on any atom is 0.0664 e. The van der Waals surface area contributed by atoms with Crippen molar-refractivity contribution in [3.63, 3.8) is 0 Å². The molecule has 0 amide bonds. The van der Waals surface area contributed by atoms with E-state index in [1.165, 1.54) is 22.3 Å². The first-order chi connectivity index (χ1) is 8.77. The van der Waals surface area contributed by atoms with Crippen molar-refractivity contribution in [1.29, 1.82) is 0 Å². The van der Waals surface area contributed by atoms with Crippen LogP contribution in [0.1, 0.15) is 43.0 Å². The van der Waals surface area contributed by atoms with Gasteiger partial charge < -0.3 is 0 Å². The maximum absolute atomic E-state index is 4.50. The largest absolute Gasteiger partial charge is 0.257 e. The smallest absolute Gasteiger partial charge is 0.0664 e. The lowest BCUT2D eigenvalue weighted by atomic mass is 9.79. The first kappa shape index (κ1) is 11.2. The number of aromatic nitrogens is 1. The summed E-state index contributed by atoms with van der Waals surface area (Å²) >= 11 is 0. The highest BCUT2D eigenvalue weighted by atomic mass is 14.7. The zero-order valence-corrected chi connectivity index (χ0v) is 10.9. The molecular formula is C17H17N. The van der Waals surface area contributed by atoms with Gasteiger partial charge in [0.2, 0.25) is 0 Å². The lowest BCUT2D eigenvalue weighted by Crippen LogP contribution is -2.07. The van der Waals surface area contributed by atoms with Gasteiger partial charge in [0.05, 0.1) is 5.69 Å². The maximum atomic E-state index is 4.50. The van der Waals surface area contributed by atoms with Crippen molar-refractivity contribution in [3.8, 4) is 0 Å². The number of benzene rings is 1. The highest BCUT2D eigenvalue weighted by Gasteiger charge is 2.22. The van der Waals surface area contributed by atoms with Crippen LogP contribution in [0.3, 0.4) is 0 Å². The number of pyridine rings is 1. The summed E-state index contributed by atoms with van der Waals surface area (Å²) in [5, 5.41) is 0. The predicted molar refractivity (Wildman–Crippen MR) is 76.2 cm³/mol. The zero-order valence-electron chi connectivity index (χ0n) is 10.9. The Morgan fingerprint density at radius 1 is 1.06 bits per heavy atom. The summed E-state index contributed by atoms with van der Waals surface area (Å²) in [6.45, 7) is 4.52. The van der Waals surface area contributed by atoms with Crippen molar-refractivity contribution in [2.75, 3.05) is 0 Å². The molecule has 1 heterocycles. The summed E-state index contributed by atoms with van der Waals surface area (Å²) in [6.07, 6.45) is 2.96. The van der Waals surface area contributed by atoms with E-state index in [9.17, 15) is 0 Å². The highest BCUT2D eigenvalue weighted by Crippen LogP contribution is 2.41. The Hall–Kier alpha value is -1.89. The molecule has 0 bridgehead atoms. The minimum absolute atomic E-state index is 0.571. The van der Waals surface area contributed by atoms with E-state index in [-0.39, 0.29) is 0 Å². The van der Waals surface area contributed by atoms with Gasteiger partial charge in [-0.05, 0) is 53.7 Å². The molecule has 0 saturated carbocycles. The number of hydrogen-bond donors (Lipinski definition) is 0. The molecule has 0 spiro atoms. The topological polar surface area (TPSA) is 12.9 Å². The van der Waals surface area contributed by atoms with Crippen LogP contribution in [0, 0.1) is 0 Å². The van der Waals surface area contributed by atoms with Crippen molar-refractivity contribution in [2.45, 2.75) is 26.2 Å². The monoisotopic (exact) mass is 235 g/mol. The fourth-order valence-corrected chi connectivity index (χ4v) is 2.84. The molecule has 1 aromatic heterocycles. The lowest BCUT2D eigenvalue weighted by Gasteiger charge is -2.26. The van der Waals surface area contributed by atoms with E-state index in [1.54, 1.807) is 0 Å². The minimum atomic E-state index is 0.571. The van der Waals surface area contributed by atoms with E-state index in [2.05, 4.69) is 55.2 Å². The standard InChI is InChI=1S/C17H17N/c1-12-11-16(17-9-5-6-10-18-17)13(2)15-8-4-3-7-14(12)15/h3-10,12H,11H2,1-2H3. The molecule has 1 heteroatoms. The quantitative estimate of drug-likeness (QED) is 0.708. The number of nitrogens with zero attached hydrogens (tertiary/aromatic N) is 1. The molecule has 90 valence electrons. The normalized spacial score (nSPS) is 18.7. The Morgan fingerprint density at radius 3 is 2.61 bits per heavy atom. The van der Waals surface area contributed by atoms with Gasteiger partial charge in [-0.2, -0.15) is 0 Å². The molecule has 0 radical (unpaired) electrons. The third-order valence-corrected chi connectivity index (χ3v) is 3.83. The summed E-state index contributed by atoms with van der Waals surface area (Å²) in [7, 11) is 0. The van der Waals surface area contributed by atoms with Gasteiger partial charge in [-0.25, -0.2) is 0 Å². The van der Waals surface area contributed by atoms with Gasteiger partial charge >= 0.3 is 0 Å².